The Labute approximate surface area is 141 Å². The molecule has 6 heteroatoms. The highest BCUT2D eigenvalue weighted by molar-refractivity contribution is 9.10. The first-order chi connectivity index (χ1) is 9.92. The van der Waals surface area contributed by atoms with Crippen molar-refractivity contribution in [2.45, 2.75) is 6.92 Å². The van der Waals surface area contributed by atoms with Gasteiger partial charge in [-0.3, -0.25) is 4.79 Å². The third-order valence-corrected chi connectivity index (χ3v) is 3.89. The molecule has 0 heterocycles. The Bertz CT molecular complexity index is 704. The average molecular weight is 389 g/mol. The van der Waals surface area contributed by atoms with Crippen LogP contribution < -0.4 is 10.1 Å². The largest absolute Gasteiger partial charge is 0.494 e. The fraction of sp³-hybridized carbons (Fsp3) is 0.133. The van der Waals surface area contributed by atoms with E-state index < -0.39 is 0 Å². The second kappa shape index (κ2) is 6.69. The molecular formula is C15H12BrCl2NO2. The maximum absolute atomic E-state index is 12.4. The van der Waals surface area contributed by atoms with Gasteiger partial charge in [0, 0.05) is 15.2 Å². The van der Waals surface area contributed by atoms with E-state index in [9.17, 15) is 4.79 Å². The monoisotopic (exact) mass is 387 g/mol. The Balaban J connectivity index is 2.36. The number of anilines is 1. The zero-order valence-electron chi connectivity index (χ0n) is 11.3. The van der Waals surface area contributed by atoms with E-state index in [1.54, 1.807) is 0 Å². The summed E-state index contributed by atoms with van der Waals surface area (Å²) in [4.78, 5) is 12.4. The summed E-state index contributed by atoms with van der Waals surface area (Å²) in [5, 5.41) is 3.49. The van der Waals surface area contributed by atoms with Gasteiger partial charge in [-0.1, -0.05) is 39.1 Å². The van der Waals surface area contributed by atoms with Crippen LogP contribution in [-0.2, 0) is 0 Å². The lowest BCUT2D eigenvalue weighted by Gasteiger charge is -2.13. The molecule has 0 saturated heterocycles. The van der Waals surface area contributed by atoms with E-state index in [1.165, 1.54) is 19.2 Å². The molecule has 0 fully saturated rings. The van der Waals surface area contributed by atoms with Gasteiger partial charge in [0.1, 0.15) is 5.75 Å². The molecule has 2 aromatic carbocycles. The Kier molecular flexibility index (Phi) is 5.14. The average Bonchev–Trinajstić information content (AvgIpc) is 2.41. The van der Waals surface area contributed by atoms with Gasteiger partial charge in [-0.15, -0.1) is 0 Å². The topological polar surface area (TPSA) is 38.3 Å². The zero-order chi connectivity index (χ0) is 15.6. The number of carbonyl (C=O) groups excluding carboxylic acids is 1. The summed E-state index contributed by atoms with van der Waals surface area (Å²) in [5.41, 5.74) is 1.93. The van der Waals surface area contributed by atoms with Crippen molar-refractivity contribution >= 4 is 50.7 Å². The van der Waals surface area contributed by atoms with Gasteiger partial charge in [-0.2, -0.15) is 0 Å². The third kappa shape index (κ3) is 3.70. The van der Waals surface area contributed by atoms with E-state index in [0.29, 0.717) is 21.5 Å². The molecule has 0 radical (unpaired) electrons. The van der Waals surface area contributed by atoms with Crippen LogP contribution in [0.2, 0.25) is 10.0 Å². The standard InChI is InChI=1S/C15H12BrCl2NO2/c1-8-5-9(16)3-4-13(8)19-15(20)11-6-10(17)7-12(18)14(11)21-2/h3-7H,1-2H3,(H,19,20). The number of carbonyl (C=O) groups is 1. The molecule has 0 bridgehead atoms. The van der Waals surface area contributed by atoms with E-state index in [2.05, 4.69) is 21.2 Å². The van der Waals surface area contributed by atoms with Gasteiger partial charge in [0.2, 0.25) is 0 Å². The van der Waals surface area contributed by atoms with Gasteiger partial charge < -0.3 is 10.1 Å². The van der Waals surface area contributed by atoms with Crippen molar-refractivity contribution in [3.05, 3.63) is 56.0 Å². The molecular weight excluding hydrogens is 377 g/mol. The van der Waals surface area contributed by atoms with Crippen molar-refractivity contribution < 1.29 is 9.53 Å². The molecule has 2 aromatic rings. The van der Waals surface area contributed by atoms with E-state index in [4.69, 9.17) is 27.9 Å². The zero-order valence-corrected chi connectivity index (χ0v) is 14.4. The van der Waals surface area contributed by atoms with Crippen LogP contribution in [0.5, 0.6) is 5.75 Å². The Morgan fingerprint density at radius 1 is 1.24 bits per heavy atom. The lowest BCUT2D eigenvalue weighted by atomic mass is 10.1. The minimum atomic E-state index is -0.332. The molecule has 2 rings (SSSR count). The van der Waals surface area contributed by atoms with Gasteiger partial charge in [0.25, 0.3) is 5.91 Å². The van der Waals surface area contributed by atoms with E-state index in [-0.39, 0.29) is 11.5 Å². The lowest BCUT2D eigenvalue weighted by molar-refractivity contribution is 0.102. The number of hydrogen-bond acceptors (Lipinski definition) is 2. The fourth-order valence-electron chi connectivity index (χ4n) is 1.89. The van der Waals surface area contributed by atoms with Crippen LogP contribution in [0.1, 0.15) is 15.9 Å². The molecule has 3 nitrogen and oxygen atoms in total. The van der Waals surface area contributed by atoms with Crippen LogP contribution >= 0.6 is 39.1 Å². The SMILES string of the molecule is COc1c(Cl)cc(Cl)cc1C(=O)Nc1ccc(Br)cc1C. The molecule has 0 saturated carbocycles. The predicted molar refractivity (Wildman–Crippen MR) is 89.8 cm³/mol. The molecule has 0 aliphatic rings. The minimum absolute atomic E-state index is 0.289. The van der Waals surface area contributed by atoms with Crippen molar-refractivity contribution in [3.63, 3.8) is 0 Å². The fourth-order valence-corrected chi connectivity index (χ4v) is 2.94. The summed E-state index contributed by atoms with van der Waals surface area (Å²) >= 11 is 15.4. The Morgan fingerprint density at radius 2 is 1.95 bits per heavy atom. The number of aryl methyl sites for hydroxylation is 1. The van der Waals surface area contributed by atoms with Gasteiger partial charge in [-0.25, -0.2) is 0 Å². The first-order valence-corrected chi connectivity index (χ1v) is 7.58. The number of ether oxygens (including phenoxy) is 1. The smallest absolute Gasteiger partial charge is 0.259 e. The lowest BCUT2D eigenvalue weighted by Crippen LogP contribution is -2.14. The summed E-state index contributed by atoms with van der Waals surface area (Å²) in [6.45, 7) is 1.91. The highest BCUT2D eigenvalue weighted by atomic mass is 79.9. The predicted octanol–water partition coefficient (Wildman–Crippen LogP) is 5.33. The van der Waals surface area contributed by atoms with Crippen LogP contribution in [0, 0.1) is 6.92 Å². The molecule has 21 heavy (non-hydrogen) atoms. The molecule has 110 valence electrons. The Morgan fingerprint density at radius 3 is 2.57 bits per heavy atom. The number of nitrogens with one attached hydrogen (secondary N) is 1. The second-order valence-electron chi connectivity index (χ2n) is 4.38. The summed E-state index contributed by atoms with van der Waals surface area (Å²) in [6, 6.07) is 8.64. The molecule has 0 aromatic heterocycles. The maximum Gasteiger partial charge on any atom is 0.259 e. The number of hydrogen-bond donors (Lipinski definition) is 1. The maximum atomic E-state index is 12.4. The summed E-state index contributed by atoms with van der Waals surface area (Å²) in [6.07, 6.45) is 0. The number of amides is 1. The van der Waals surface area contributed by atoms with Gasteiger partial charge in [-0.05, 0) is 42.8 Å². The number of rotatable bonds is 3. The molecule has 0 aliphatic heterocycles. The van der Waals surface area contributed by atoms with Crippen LogP contribution in [0.3, 0.4) is 0 Å². The third-order valence-electron chi connectivity index (χ3n) is 2.89. The molecule has 0 spiro atoms. The van der Waals surface area contributed by atoms with Crippen LogP contribution in [0.4, 0.5) is 5.69 Å². The first kappa shape index (κ1) is 16.1. The van der Waals surface area contributed by atoms with Crippen LogP contribution in [0.15, 0.2) is 34.8 Å². The number of halogens is 3. The normalized spacial score (nSPS) is 10.3. The second-order valence-corrected chi connectivity index (χ2v) is 6.14. The van der Waals surface area contributed by atoms with Crippen molar-refractivity contribution in [3.8, 4) is 5.75 Å². The van der Waals surface area contributed by atoms with Gasteiger partial charge in [0.15, 0.2) is 0 Å². The molecule has 1 amide bonds. The molecule has 0 atom stereocenters. The quantitative estimate of drug-likeness (QED) is 0.771. The van der Waals surface area contributed by atoms with Gasteiger partial charge >= 0.3 is 0 Å². The number of benzene rings is 2. The Hall–Kier alpha value is -1.23. The summed E-state index contributed by atoms with van der Waals surface area (Å²) in [7, 11) is 1.46. The molecule has 0 unspecified atom stereocenters. The summed E-state index contributed by atoms with van der Waals surface area (Å²) < 4.78 is 6.13. The first-order valence-electron chi connectivity index (χ1n) is 6.03. The van der Waals surface area contributed by atoms with Gasteiger partial charge in [0.05, 0.1) is 17.7 Å². The van der Waals surface area contributed by atoms with E-state index in [0.717, 1.165) is 10.0 Å². The van der Waals surface area contributed by atoms with E-state index in [1.807, 2.05) is 25.1 Å². The highest BCUT2D eigenvalue weighted by Gasteiger charge is 2.17. The highest BCUT2D eigenvalue weighted by Crippen LogP contribution is 2.33. The summed E-state index contributed by atoms with van der Waals surface area (Å²) in [5.74, 6) is -0.0324. The molecule has 1 N–H and O–H groups in total. The minimum Gasteiger partial charge on any atom is -0.494 e. The molecule has 0 aliphatic carbocycles. The number of methoxy groups -OCH3 is 1. The van der Waals surface area contributed by atoms with Crippen LogP contribution in [-0.4, -0.2) is 13.0 Å². The van der Waals surface area contributed by atoms with E-state index >= 15 is 0 Å². The van der Waals surface area contributed by atoms with Crippen molar-refractivity contribution in [2.24, 2.45) is 0 Å². The van der Waals surface area contributed by atoms with Crippen molar-refractivity contribution in [1.82, 2.24) is 0 Å². The van der Waals surface area contributed by atoms with Crippen LogP contribution in [0.25, 0.3) is 0 Å². The van der Waals surface area contributed by atoms with Crippen molar-refractivity contribution in [2.75, 3.05) is 12.4 Å². The van der Waals surface area contributed by atoms with Crippen molar-refractivity contribution in [1.29, 1.82) is 0 Å².